The molecular weight excluding hydrogens is 269 g/mol. The Bertz CT molecular complexity index is 396. The van der Waals surface area contributed by atoms with E-state index in [9.17, 15) is 4.57 Å². The Hall–Kier alpha value is -1.23. The highest BCUT2D eigenvalue weighted by Gasteiger charge is 2.23. The summed E-state index contributed by atoms with van der Waals surface area (Å²) < 4.78 is 22.5. The van der Waals surface area contributed by atoms with Crippen molar-refractivity contribution in [2.75, 3.05) is 13.2 Å². The number of hydrogen-bond donors (Lipinski definition) is 1. The zero-order valence-corrected chi connectivity index (χ0v) is 12.3. The fourth-order valence-corrected chi connectivity index (χ4v) is 2.92. The second kappa shape index (κ2) is 9.67. The third-order valence-electron chi connectivity index (χ3n) is 1.75. The second-order valence-corrected chi connectivity index (χ2v) is 5.54. The number of rotatable bonds is 6. The molecule has 0 saturated carbocycles. The molecule has 1 rings (SSSR count). The third kappa shape index (κ3) is 9.36. The first-order valence-corrected chi connectivity index (χ1v) is 7.63. The second-order valence-electron chi connectivity index (χ2n) is 3.48. The van der Waals surface area contributed by atoms with Gasteiger partial charge in [0.15, 0.2) is 0 Å². The van der Waals surface area contributed by atoms with Gasteiger partial charge in [-0.15, -0.1) is 0 Å². The van der Waals surface area contributed by atoms with Gasteiger partial charge in [0.25, 0.3) is 5.97 Å². The molecule has 0 aliphatic carbocycles. The lowest BCUT2D eigenvalue weighted by atomic mass is 10.3. The first-order chi connectivity index (χ1) is 8.93. The molecule has 19 heavy (non-hydrogen) atoms. The average molecular weight is 289 g/mol. The van der Waals surface area contributed by atoms with Crippen LogP contribution in [0.5, 0.6) is 0 Å². The Balaban J connectivity index is 0.000000711. The molecule has 0 aliphatic rings. The average Bonchev–Trinajstić information content (AvgIpc) is 2.29. The van der Waals surface area contributed by atoms with Crippen LogP contribution in [-0.4, -0.2) is 29.3 Å². The van der Waals surface area contributed by atoms with Crippen LogP contribution in [0.15, 0.2) is 24.5 Å². The number of carboxylic acids is 1. The van der Waals surface area contributed by atoms with Gasteiger partial charge in [-0.3, -0.25) is 14.3 Å². The van der Waals surface area contributed by atoms with Crippen molar-refractivity contribution >= 4 is 13.6 Å². The Kier molecular flexibility index (Phi) is 9.04. The van der Waals surface area contributed by atoms with Crippen LogP contribution in [-0.2, 0) is 24.6 Å². The van der Waals surface area contributed by atoms with Crippen molar-refractivity contribution in [2.24, 2.45) is 0 Å². The molecule has 0 atom stereocenters. The number of aromatic nitrogens is 1. The van der Waals surface area contributed by atoms with E-state index in [1.807, 2.05) is 6.07 Å². The molecule has 0 unspecified atom stereocenters. The van der Waals surface area contributed by atoms with E-state index in [1.54, 1.807) is 32.3 Å². The number of hydrogen-bond acceptors (Lipinski definition) is 5. The van der Waals surface area contributed by atoms with Crippen molar-refractivity contribution < 1.29 is 23.5 Å². The maximum Gasteiger partial charge on any atom is 0.335 e. The standard InChI is InChI=1S/C10H16NO3P.C2H4O2/c1-3-13-15(12,14-4-2)9-10-6-5-7-11-8-10;1-2(3)4/h5-8H,3-4,9H2,1-2H3;1H3,(H,3,4). The highest BCUT2D eigenvalue weighted by molar-refractivity contribution is 7.53. The molecule has 1 aromatic rings. The van der Waals surface area contributed by atoms with Gasteiger partial charge in [-0.2, -0.15) is 0 Å². The lowest BCUT2D eigenvalue weighted by Gasteiger charge is -2.16. The lowest BCUT2D eigenvalue weighted by molar-refractivity contribution is -0.134. The van der Waals surface area contributed by atoms with Crippen LogP contribution < -0.4 is 0 Å². The Morgan fingerprint density at radius 3 is 2.26 bits per heavy atom. The number of carboxylic acid groups (broad SMARTS) is 1. The van der Waals surface area contributed by atoms with Crippen molar-refractivity contribution in [3.63, 3.8) is 0 Å². The molecule has 6 nitrogen and oxygen atoms in total. The highest BCUT2D eigenvalue weighted by atomic mass is 31.2. The van der Waals surface area contributed by atoms with Crippen LogP contribution in [0.1, 0.15) is 26.3 Å². The summed E-state index contributed by atoms with van der Waals surface area (Å²) in [6, 6.07) is 3.66. The molecule has 108 valence electrons. The fraction of sp³-hybridized carbons (Fsp3) is 0.500. The molecule has 0 spiro atoms. The van der Waals surface area contributed by atoms with Crippen LogP contribution in [0.3, 0.4) is 0 Å². The normalized spacial score (nSPS) is 10.5. The fourth-order valence-electron chi connectivity index (χ4n) is 1.24. The minimum absolute atomic E-state index is 0.280. The predicted octanol–water partition coefficient (Wildman–Crippen LogP) is 2.94. The van der Waals surface area contributed by atoms with Crippen molar-refractivity contribution in [1.29, 1.82) is 0 Å². The molecule has 7 heteroatoms. The van der Waals surface area contributed by atoms with Crippen LogP contribution in [0.4, 0.5) is 0 Å². The SMILES string of the molecule is CC(=O)O.CCOP(=O)(Cc1cccnc1)OCC. The molecule has 0 fully saturated rings. The molecule has 0 aliphatic heterocycles. The summed E-state index contributed by atoms with van der Waals surface area (Å²) in [5, 5.41) is 7.42. The van der Waals surface area contributed by atoms with E-state index >= 15 is 0 Å². The zero-order chi connectivity index (χ0) is 14.7. The first-order valence-electron chi connectivity index (χ1n) is 5.90. The Morgan fingerprint density at radius 1 is 1.37 bits per heavy atom. The van der Waals surface area contributed by atoms with E-state index in [0.717, 1.165) is 12.5 Å². The molecule has 1 aromatic heterocycles. The van der Waals surface area contributed by atoms with Crippen molar-refractivity contribution in [1.82, 2.24) is 4.98 Å². The first kappa shape index (κ1) is 17.8. The van der Waals surface area contributed by atoms with Gasteiger partial charge < -0.3 is 14.2 Å². The zero-order valence-electron chi connectivity index (χ0n) is 11.4. The maximum absolute atomic E-state index is 12.1. The lowest BCUT2D eigenvalue weighted by Crippen LogP contribution is -1.99. The molecule has 0 radical (unpaired) electrons. The molecule has 0 aromatic carbocycles. The van der Waals surface area contributed by atoms with Crippen LogP contribution >= 0.6 is 7.60 Å². The molecule has 0 saturated heterocycles. The number of pyridine rings is 1. The molecule has 1 N–H and O–H groups in total. The van der Waals surface area contributed by atoms with Gasteiger partial charge >= 0.3 is 7.60 Å². The molecule has 0 amide bonds. The van der Waals surface area contributed by atoms with Crippen LogP contribution in [0.2, 0.25) is 0 Å². The number of nitrogens with zero attached hydrogens (tertiary/aromatic N) is 1. The van der Waals surface area contributed by atoms with Crippen molar-refractivity contribution in [3.8, 4) is 0 Å². The van der Waals surface area contributed by atoms with Gasteiger partial charge in [0.1, 0.15) is 0 Å². The number of aliphatic carboxylic acids is 1. The molecule has 1 heterocycles. The van der Waals surface area contributed by atoms with Crippen LogP contribution in [0, 0.1) is 0 Å². The third-order valence-corrected chi connectivity index (χ3v) is 3.81. The van der Waals surface area contributed by atoms with Gasteiger partial charge in [0, 0.05) is 19.3 Å². The summed E-state index contributed by atoms with van der Waals surface area (Å²) in [5.41, 5.74) is 0.864. The summed E-state index contributed by atoms with van der Waals surface area (Å²) in [7, 11) is -2.98. The monoisotopic (exact) mass is 289 g/mol. The smallest absolute Gasteiger partial charge is 0.335 e. The summed E-state index contributed by atoms with van der Waals surface area (Å²) in [4.78, 5) is 13.0. The summed E-state index contributed by atoms with van der Waals surface area (Å²) >= 11 is 0. The topological polar surface area (TPSA) is 85.7 Å². The van der Waals surface area contributed by atoms with Gasteiger partial charge in [0.2, 0.25) is 0 Å². The quantitative estimate of drug-likeness (QED) is 0.810. The van der Waals surface area contributed by atoms with Gasteiger partial charge in [-0.05, 0) is 25.5 Å². The Morgan fingerprint density at radius 2 is 1.89 bits per heavy atom. The highest BCUT2D eigenvalue weighted by Crippen LogP contribution is 2.51. The van der Waals surface area contributed by atoms with Gasteiger partial charge in [-0.1, -0.05) is 6.07 Å². The summed E-state index contributed by atoms with van der Waals surface area (Å²) in [6.07, 6.45) is 3.63. The van der Waals surface area contributed by atoms with Crippen molar-refractivity contribution in [2.45, 2.75) is 26.9 Å². The molecular formula is C12H20NO5P. The summed E-state index contributed by atoms with van der Waals surface area (Å²) in [5.74, 6) is -0.833. The van der Waals surface area contributed by atoms with E-state index < -0.39 is 13.6 Å². The maximum atomic E-state index is 12.1. The summed E-state index contributed by atoms with van der Waals surface area (Å²) in [6.45, 7) is 5.46. The minimum atomic E-state index is -2.98. The van der Waals surface area contributed by atoms with E-state index in [-0.39, 0.29) is 6.16 Å². The van der Waals surface area contributed by atoms with Gasteiger partial charge in [0.05, 0.1) is 19.4 Å². The number of carbonyl (C=O) groups is 1. The van der Waals surface area contributed by atoms with E-state index in [2.05, 4.69) is 4.98 Å². The van der Waals surface area contributed by atoms with E-state index in [0.29, 0.717) is 13.2 Å². The van der Waals surface area contributed by atoms with Crippen molar-refractivity contribution in [3.05, 3.63) is 30.1 Å². The minimum Gasteiger partial charge on any atom is -0.481 e. The van der Waals surface area contributed by atoms with E-state index in [1.165, 1.54) is 0 Å². The predicted molar refractivity (Wildman–Crippen MR) is 72.1 cm³/mol. The Labute approximate surface area is 113 Å². The largest absolute Gasteiger partial charge is 0.481 e. The van der Waals surface area contributed by atoms with Gasteiger partial charge in [-0.25, -0.2) is 0 Å². The van der Waals surface area contributed by atoms with Crippen LogP contribution in [0.25, 0.3) is 0 Å². The molecule has 0 bridgehead atoms. The van der Waals surface area contributed by atoms with E-state index in [4.69, 9.17) is 18.9 Å².